The second-order valence-electron chi connectivity index (χ2n) is 5.11. The lowest BCUT2D eigenvalue weighted by atomic mass is 10.1. The summed E-state index contributed by atoms with van der Waals surface area (Å²) in [6.45, 7) is 3.96. The van der Waals surface area contributed by atoms with Crippen LogP contribution in [0.1, 0.15) is 16.8 Å². The number of halogens is 1. The lowest BCUT2D eigenvalue weighted by Crippen LogP contribution is -2.00. The summed E-state index contributed by atoms with van der Waals surface area (Å²) >= 11 is 6.20. The standard InChI is InChI=1S/C17H13ClN4/c1-11-3-6-13(7-4-11)17-16(10-19)20-21-22(17)14-8-5-12(2)15(18)9-14/h3-9H,1-2H3. The van der Waals surface area contributed by atoms with Gasteiger partial charge in [-0.05, 0) is 31.5 Å². The summed E-state index contributed by atoms with van der Waals surface area (Å²) in [5.74, 6) is 0. The third kappa shape index (κ3) is 2.47. The van der Waals surface area contributed by atoms with Gasteiger partial charge >= 0.3 is 0 Å². The normalized spacial score (nSPS) is 10.5. The number of nitrogens with zero attached hydrogens (tertiary/aromatic N) is 4. The molecule has 3 aromatic rings. The summed E-state index contributed by atoms with van der Waals surface area (Å²) in [5, 5.41) is 18.0. The Balaban J connectivity index is 2.21. The van der Waals surface area contributed by atoms with Crippen LogP contribution < -0.4 is 0 Å². The Morgan fingerprint density at radius 2 is 1.82 bits per heavy atom. The minimum atomic E-state index is 0.292. The van der Waals surface area contributed by atoms with Gasteiger partial charge in [0.15, 0.2) is 5.69 Å². The van der Waals surface area contributed by atoms with Gasteiger partial charge in [-0.15, -0.1) is 5.10 Å². The number of hydrogen-bond acceptors (Lipinski definition) is 3. The first-order chi connectivity index (χ1) is 10.6. The van der Waals surface area contributed by atoms with Gasteiger partial charge in [0.25, 0.3) is 0 Å². The smallest absolute Gasteiger partial charge is 0.191 e. The molecule has 0 spiro atoms. The van der Waals surface area contributed by atoms with Crippen molar-refractivity contribution in [3.8, 4) is 23.0 Å². The highest BCUT2D eigenvalue weighted by molar-refractivity contribution is 6.31. The molecule has 0 fully saturated rings. The fourth-order valence-electron chi connectivity index (χ4n) is 2.22. The molecule has 1 aromatic heterocycles. The summed E-state index contributed by atoms with van der Waals surface area (Å²) in [6.07, 6.45) is 0. The van der Waals surface area contributed by atoms with Crippen molar-refractivity contribution < 1.29 is 0 Å². The van der Waals surface area contributed by atoms with Crippen molar-refractivity contribution >= 4 is 11.6 Å². The Labute approximate surface area is 133 Å². The maximum absolute atomic E-state index is 9.30. The third-order valence-electron chi connectivity index (χ3n) is 3.50. The highest BCUT2D eigenvalue weighted by atomic mass is 35.5. The highest BCUT2D eigenvalue weighted by Crippen LogP contribution is 2.27. The largest absolute Gasteiger partial charge is 0.211 e. The van der Waals surface area contributed by atoms with Gasteiger partial charge in [0, 0.05) is 10.6 Å². The number of rotatable bonds is 2. The molecule has 5 heteroatoms. The average Bonchev–Trinajstić information content (AvgIpc) is 2.95. The van der Waals surface area contributed by atoms with E-state index >= 15 is 0 Å². The second-order valence-corrected chi connectivity index (χ2v) is 5.52. The maximum atomic E-state index is 9.30. The molecule has 0 saturated heterocycles. The predicted octanol–water partition coefficient (Wildman–Crippen LogP) is 4.08. The van der Waals surface area contributed by atoms with E-state index in [1.54, 1.807) is 4.68 Å². The molecule has 1 heterocycles. The van der Waals surface area contributed by atoms with Crippen molar-refractivity contribution in [2.24, 2.45) is 0 Å². The molecule has 0 saturated carbocycles. The summed E-state index contributed by atoms with van der Waals surface area (Å²) in [7, 11) is 0. The van der Waals surface area contributed by atoms with Crippen LogP contribution in [-0.2, 0) is 0 Å². The summed E-state index contributed by atoms with van der Waals surface area (Å²) < 4.78 is 1.65. The number of benzene rings is 2. The Hall–Kier alpha value is -2.64. The maximum Gasteiger partial charge on any atom is 0.191 e. The Kier molecular flexibility index (Phi) is 3.66. The van der Waals surface area contributed by atoms with Gasteiger partial charge in [-0.3, -0.25) is 0 Å². The van der Waals surface area contributed by atoms with Crippen LogP contribution in [0.15, 0.2) is 42.5 Å². The third-order valence-corrected chi connectivity index (χ3v) is 3.91. The van der Waals surface area contributed by atoms with Crippen molar-refractivity contribution in [3.05, 3.63) is 64.3 Å². The van der Waals surface area contributed by atoms with Gasteiger partial charge in [-0.25, -0.2) is 4.68 Å². The molecule has 0 amide bonds. The van der Waals surface area contributed by atoms with Crippen molar-refractivity contribution in [2.45, 2.75) is 13.8 Å². The van der Waals surface area contributed by atoms with E-state index in [-0.39, 0.29) is 0 Å². The van der Waals surface area contributed by atoms with Crippen molar-refractivity contribution in [1.82, 2.24) is 15.0 Å². The zero-order valence-electron chi connectivity index (χ0n) is 12.2. The molecule has 0 bridgehead atoms. The SMILES string of the molecule is Cc1ccc(-c2c(C#N)nnn2-c2ccc(C)c(Cl)c2)cc1. The van der Waals surface area contributed by atoms with E-state index in [4.69, 9.17) is 11.6 Å². The van der Waals surface area contributed by atoms with Gasteiger partial charge in [-0.1, -0.05) is 52.7 Å². The Bertz CT molecular complexity index is 873. The van der Waals surface area contributed by atoms with Crippen molar-refractivity contribution in [1.29, 1.82) is 5.26 Å². The molecule has 0 aliphatic heterocycles. The van der Waals surface area contributed by atoms with E-state index in [1.165, 1.54) is 0 Å². The van der Waals surface area contributed by atoms with Crippen LogP contribution in [-0.4, -0.2) is 15.0 Å². The van der Waals surface area contributed by atoms with Gasteiger partial charge in [0.2, 0.25) is 0 Å². The highest BCUT2D eigenvalue weighted by Gasteiger charge is 2.16. The van der Waals surface area contributed by atoms with Gasteiger partial charge < -0.3 is 0 Å². The zero-order valence-corrected chi connectivity index (χ0v) is 13.0. The molecule has 108 valence electrons. The van der Waals surface area contributed by atoms with E-state index in [1.807, 2.05) is 56.3 Å². The van der Waals surface area contributed by atoms with Crippen LogP contribution >= 0.6 is 11.6 Å². The van der Waals surface area contributed by atoms with Gasteiger partial charge in [0.05, 0.1) is 5.69 Å². The average molecular weight is 309 g/mol. The van der Waals surface area contributed by atoms with E-state index < -0.39 is 0 Å². The fourth-order valence-corrected chi connectivity index (χ4v) is 2.40. The summed E-state index contributed by atoms with van der Waals surface area (Å²) in [5.41, 5.74) is 4.77. The molecule has 2 aromatic carbocycles. The molecule has 3 rings (SSSR count). The fraction of sp³-hybridized carbons (Fsp3) is 0.118. The molecule has 0 aliphatic carbocycles. The lowest BCUT2D eigenvalue weighted by molar-refractivity contribution is 0.806. The Morgan fingerprint density at radius 3 is 2.45 bits per heavy atom. The first-order valence-electron chi connectivity index (χ1n) is 6.79. The molecule has 22 heavy (non-hydrogen) atoms. The monoisotopic (exact) mass is 308 g/mol. The molecular weight excluding hydrogens is 296 g/mol. The van der Waals surface area contributed by atoms with Gasteiger partial charge in [0.1, 0.15) is 11.8 Å². The molecule has 0 unspecified atom stereocenters. The first kappa shape index (κ1) is 14.3. The van der Waals surface area contributed by atoms with Crippen molar-refractivity contribution in [3.63, 3.8) is 0 Å². The molecule has 0 atom stereocenters. The summed E-state index contributed by atoms with van der Waals surface area (Å²) in [6, 6.07) is 15.7. The van der Waals surface area contributed by atoms with E-state index in [0.29, 0.717) is 16.4 Å². The lowest BCUT2D eigenvalue weighted by Gasteiger charge is -2.08. The van der Waals surface area contributed by atoms with Crippen molar-refractivity contribution in [2.75, 3.05) is 0 Å². The molecule has 0 N–H and O–H groups in total. The predicted molar refractivity (Wildman–Crippen MR) is 86.0 cm³/mol. The minimum absolute atomic E-state index is 0.292. The molecular formula is C17H13ClN4. The second kappa shape index (κ2) is 5.63. The quantitative estimate of drug-likeness (QED) is 0.717. The first-order valence-corrected chi connectivity index (χ1v) is 7.17. The number of aryl methyl sites for hydroxylation is 2. The molecule has 0 aliphatic rings. The van der Waals surface area contributed by atoms with E-state index in [2.05, 4.69) is 16.4 Å². The topological polar surface area (TPSA) is 54.5 Å². The number of aromatic nitrogens is 3. The molecule has 0 radical (unpaired) electrons. The van der Waals surface area contributed by atoms with Crippen LogP contribution in [0.2, 0.25) is 5.02 Å². The minimum Gasteiger partial charge on any atom is -0.211 e. The van der Waals surface area contributed by atoms with Crippen LogP contribution in [0.5, 0.6) is 0 Å². The number of nitriles is 1. The zero-order chi connectivity index (χ0) is 15.7. The van der Waals surface area contributed by atoms with Crippen LogP contribution in [0.4, 0.5) is 0 Å². The van der Waals surface area contributed by atoms with Crippen LogP contribution in [0.25, 0.3) is 16.9 Å². The molecule has 4 nitrogen and oxygen atoms in total. The van der Waals surface area contributed by atoms with Crippen LogP contribution in [0.3, 0.4) is 0 Å². The Morgan fingerprint density at radius 1 is 1.09 bits per heavy atom. The van der Waals surface area contributed by atoms with Crippen LogP contribution in [0, 0.1) is 25.2 Å². The van der Waals surface area contributed by atoms with E-state index in [9.17, 15) is 5.26 Å². The van der Waals surface area contributed by atoms with Gasteiger partial charge in [-0.2, -0.15) is 5.26 Å². The number of hydrogen-bond donors (Lipinski definition) is 0. The van der Waals surface area contributed by atoms with E-state index in [0.717, 1.165) is 22.4 Å². The summed E-state index contributed by atoms with van der Waals surface area (Å²) in [4.78, 5) is 0.